The normalized spacial score (nSPS) is 18.8. The summed E-state index contributed by atoms with van der Waals surface area (Å²) in [7, 11) is 0. The molecule has 4 aromatic carbocycles. The van der Waals surface area contributed by atoms with E-state index in [2.05, 4.69) is 5.32 Å². The van der Waals surface area contributed by atoms with Gasteiger partial charge in [-0.15, -0.1) is 0 Å². The van der Waals surface area contributed by atoms with E-state index >= 15 is 0 Å². The van der Waals surface area contributed by atoms with Crippen LogP contribution in [-0.4, -0.2) is 11.7 Å². The second-order valence-corrected chi connectivity index (χ2v) is 10.4. The number of nitrogens with zero attached hydrogens (tertiary/aromatic N) is 1. The van der Waals surface area contributed by atoms with Gasteiger partial charge in [0.05, 0.1) is 17.4 Å². The first-order chi connectivity index (χ1) is 18.5. The Labute approximate surface area is 227 Å². The fraction of sp³-hybridized carbons (Fsp3) is 0.152. The second kappa shape index (κ2) is 9.96. The van der Waals surface area contributed by atoms with Crippen molar-refractivity contribution in [2.45, 2.75) is 31.7 Å². The predicted molar refractivity (Wildman–Crippen MR) is 153 cm³/mol. The summed E-state index contributed by atoms with van der Waals surface area (Å²) in [6.45, 7) is 2.03. The number of hydrogen-bond donors (Lipinski definition) is 1. The lowest BCUT2D eigenvalue weighted by molar-refractivity contribution is -0.116. The Morgan fingerprint density at radius 2 is 1.58 bits per heavy atom. The van der Waals surface area contributed by atoms with Gasteiger partial charge in [0, 0.05) is 28.3 Å². The molecular weight excluding hydrogens is 492 g/mol. The van der Waals surface area contributed by atoms with Crippen LogP contribution >= 0.6 is 11.6 Å². The van der Waals surface area contributed by atoms with Crippen LogP contribution in [0.3, 0.4) is 0 Å². The van der Waals surface area contributed by atoms with E-state index < -0.39 is 6.04 Å². The van der Waals surface area contributed by atoms with Gasteiger partial charge in [-0.1, -0.05) is 83.9 Å². The number of aryl methyl sites for hydroxylation is 1. The quantitative estimate of drug-likeness (QED) is 0.300. The van der Waals surface area contributed by atoms with E-state index in [9.17, 15) is 9.59 Å². The molecule has 2 unspecified atom stereocenters. The molecule has 4 aromatic rings. The third-order valence-electron chi connectivity index (χ3n) is 7.44. The highest BCUT2D eigenvalue weighted by Crippen LogP contribution is 2.48. The summed E-state index contributed by atoms with van der Waals surface area (Å²) >= 11 is 6.30. The second-order valence-electron chi connectivity index (χ2n) is 9.97. The molecule has 0 saturated carbocycles. The molecule has 1 heterocycles. The van der Waals surface area contributed by atoms with Gasteiger partial charge in [0.2, 0.25) is 0 Å². The number of amides is 1. The summed E-state index contributed by atoms with van der Waals surface area (Å²) in [4.78, 5) is 30.1. The van der Waals surface area contributed by atoms with Crippen LogP contribution in [-0.2, 0) is 4.79 Å². The highest BCUT2D eigenvalue weighted by molar-refractivity contribution is 6.30. The van der Waals surface area contributed by atoms with Crippen molar-refractivity contribution in [1.29, 1.82) is 0 Å². The summed E-state index contributed by atoms with van der Waals surface area (Å²) < 4.78 is 0. The van der Waals surface area contributed by atoms with E-state index in [1.807, 2.05) is 110 Å². The van der Waals surface area contributed by atoms with Gasteiger partial charge < -0.3 is 5.32 Å². The molecule has 0 spiro atoms. The Morgan fingerprint density at radius 3 is 2.34 bits per heavy atom. The summed E-state index contributed by atoms with van der Waals surface area (Å²) in [5.74, 6) is -0.119. The molecule has 188 valence electrons. The van der Waals surface area contributed by atoms with Crippen LogP contribution in [0.25, 0.3) is 0 Å². The van der Waals surface area contributed by atoms with E-state index in [1.54, 1.807) is 4.90 Å². The first-order valence-corrected chi connectivity index (χ1v) is 13.2. The number of anilines is 2. The number of fused-ring (bicyclic) bond motifs is 1. The molecule has 0 radical (unpaired) electrons. The zero-order valence-electron chi connectivity index (χ0n) is 21.0. The summed E-state index contributed by atoms with van der Waals surface area (Å²) in [6, 6.07) is 32.4. The van der Waals surface area contributed by atoms with E-state index in [0.717, 1.165) is 33.8 Å². The van der Waals surface area contributed by atoms with Gasteiger partial charge in [0.15, 0.2) is 5.78 Å². The number of hydrogen-bond acceptors (Lipinski definition) is 3. The molecule has 1 amide bonds. The van der Waals surface area contributed by atoms with Crippen molar-refractivity contribution >= 4 is 34.7 Å². The molecule has 0 aromatic heterocycles. The van der Waals surface area contributed by atoms with Crippen molar-refractivity contribution < 1.29 is 9.59 Å². The van der Waals surface area contributed by atoms with Crippen LogP contribution in [0.15, 0.2) is 114 Å². The van der Waals surface area contributed by atoms with Gasteiger partial charge in [-0.25, -0.2) is 0 Å². The summed E-state index contributed by atoms with van der Waals surface area (Å²) in [5, 5.41) is 4.24. The molecule has 6 rings (SSSR count). The molecule has 1 aliphatic carbocycles. The van der Waals surface area contributed by atoms with Crippen LogP contribution in [0.2, 0.25) is 5.02 Å². The maximum Gasteiger partial charge on any atom is 0.259 e. The lowest BCUT2D eigenvalue weighted by Crippen LogP contribution is -2.38. The zero-order chi connectivity index (χ0) is 26.2. The number of carbonyl (C=O) groups excluding carboxylic acids is 2. The zero-order valence-corrected chi connectivity index (χ0v) is 21.8. The molecule has 0 bridgehead atoms. The Balaban J connectivity index is 1.56. The maximum absolute atomic E-state index is 14.2. The molecule has 0 saturated heterocycles. The Kier molecular flexibility index (Phi) is 6.34. The van der Waals surface area contributed by atoms with Crippen LogP contribution in [0, 0.1) is 6.92 Å². The third kappa shape index (κ3) is 4.42. The monoisotopic (exact) mass is 518 g/mol. The third-order valence-corrected chi connectivity index (χ3v) is 7.68. The topological polar surface area (TPSA) is 49.4 Å². The van der Waals surface area contributed by atoms with Crippen molar-refractivity contribution in [3.63, 3.8) is 0 Å². The highest BCUT2D eigenvalue weighted by Gasteiger charge is 2.41. The SMILES string of the molecule is Cc1ccc(C2C3=C(CC(c4cccc(Cl)c4)CC3=O)Nc3ccccc3N2C(=O)c2ccccc2)cc1. The van der Waals surface area contributed by atoms with Gasteiger partial charge in [-0.3, -0.25) is 14.5 Å². The van der Waals surface area contributed by atoms with Gasteiger partial charge >= 0.3 is 0 Å². The van der Waals surface area contributed by atoms with Crippen molar-refractivity contribution in [2.24, 2.45) is 0 Å². The number of rotatable bonds is 3. The lowest BCUT2D eigenvalue weighted by Gasteiger charge is -2.35. The Hall–Kier alpha value is -4.15. The van der Waals surface area contributed by atoms with Crippen LogP contribution in [0.1, 0.15) is 51.8 Å². The van der Waals surface area contributed by atoms with Crippen molar-refractivity contribution in [3.05, 3.63) is 142 Å². The number of Topliss-reactive ketones (excluding diaryl/α,β-unsaturated/α-hetero) is 1. The minimum Gasteiger partial charge on any atom is -0.357 e. The van der Waals surface area contributed by atoms with Crippen LogP contribution in [0.4, 0.5) is 11.4 Å². The molecular formula is C33H27ClN2O2. The van der Waals surface area contributed by atoms with Crippen molar-refractivity contribution in [2.75, 3.05) is 10.2 Å². The predicted octanol–water partition coefficient (Wildman–Crippen LogP) is 7.86. The van der Waals surface area contributed by atoms with E-state index in [1.165, 1.54) is 0 Å². The molecule has 1 N–H and O–H groups in total. The van der Waals surface area contributed by atoms with E-state index in [0.29, 0.717) is 29.0 Å². The molecule has 0 fully saturated rings. The lowest BCUT2D eigenvalue weighted by atomic mass is 9.78. The highest BCUT2D eigenvalue weighted by atomic mass is 35.5. The number of allylic oxidation sites excluding steroid dienone is 1. The molecule has 4 nitrogen and oxygen atoms in total. The average molecular weight is 519 g/mol. The first kappa shape index (κ1) is 24.2. The van der Waals surface area contributed by atoms with E-state index in [-0.39, 0.29) is 17.6 Å². The van der Waals surface area contributed by atoms with Gasteiger partial charge in [0.1, 0.15) is 0 Å². The standard InChI is InChI=1S/C33H27ClN2O2/c1-21-14-16-22(17-15-21)32-31-28(19-25(20-30(31)37)24-10-7-11-26(34)18-24)35-27-12-5-6-13-29(27)36(32)33(38)23-8-3-2-4-9-23/h2-18,25,32,35H,19-20H2,1H3. The van der Waals surface area contributed by atoms with Gasteiger partial charge in [-0.2, -0.15) is 0 Å². The van der Waals surface area contributed by atoms with Crippen LogP contribution < -0.4 is 10.2 Å². The number of benzene rings is 4. The van der Waals surface area contributed by atoms with Gasteiger partial charge in [0.25, 0.3) is 5.91 Å². The maximum atomic E-state index is 14.2. The minimum absolute atomic E-state index is 0.00495. The molecule has 1 aliphatic heterocycles. The number of halogens is 1. The summed E-state index contributed by atoms with van der Waals surface area (Å²) in [5.41, 5.74) is 6.68. The molecule has 2 atom stereocenters. The molecule has 5 heteroatoms. The minimum atomic E-state index is -0.567. The van der Waals surface area contributed by atoms with Crippen LogP contribution in [0.5, 0.6) is 0 Å². The average Bonchev–Trinajstić information content (AvgIpc) is 3.08. The first-order valence-electron chi connectivity index (χ1n) is 12.8. The van der Waals surface area contributed by atoms with Gasteiger partial charge in [-0.05, 0) is 66.8 Å². The Morgan fingerprint density at radius 1 is 0.842 bits per heavy atom. The smallest absolute Gasteiger partial charge is 0.259 e. The van der Waals surface area contributed by atoms with E-state index in [4.69, 9.17) is 11.6 Å². The van der Waals surface area contributed by atoms with Crippen molar-refractivity contribution in [1.82, 2.24) is 0 Å². The number of carbonyl (C=O) groups is 2. The fourth-order valence-electron chi connectivity index (χ4n) is 5.59. The fourth-order valence-corrected chi connectivity index (χ4v) is 5.79. The molecule has 2 aliphatic rings. The largest absolute Gasteiger partial charge is 0.357 e. The Bertz CT molecular complexity index is 1560. The molecule has 38 heavy (non-hydrogen) atoms. The number of ketones is 1. The number of para-hydroxylation sites is 2. The summed E-state index contributed by atoms with van der Waals surface area (Å²) in [6.07, 6.45) is 0.998. The van der Waals surface area contributed by atoms with Crippen molar-refractivity contribution in [3.8, 4) is 0 Å². The number of nitrogens with one attached hydrogen (secondary N) is 1.